The fourth-order valence-corrected chi connectivity index (χ4v) is 6.71. The van der Waals surface area contributed by atoms with Crippen LogP contribution in [0.25, 0.3) is 21.8 Å². The van der Waals surface area contributed by atoms with E-state index in [1.807, 2.05) is 78.7 Å². The molecule has 0 aliphatic carbocycles. The Hall–Kier alpha value is -6.83. The fourth-order valence-electron chi connectivity index (χ4n) is 6.71. The maximum atomic E-state index is 13.8. The Morgan fingerprint density at radius 1 is 0.724 bits per heavy atom. The first-order valence-corrected chi connectivity index (χ1v) is 18.8. The van der Waals surface area contributed by atoms with Crippen molar-refractivity contribution in [2.24, 2.45) is 7.05 Å². The number of rotatable bonds is 17. The van der Waals surface area contributed by atoms with Gasteiger partial charge >= 0.3 is 0 Å². The van der Waals surface area contributed by atoms with E-state index in [4.69, 9.17) is 18.9 Å². The van der Waals surface area contributed by atoms with Gasteiger partial charge in [-0.3, -0.25) is 29.1 Å². The molecule has 0 atom stereocenters. The summed E-state index contributed by atoms with van der Waals surface area (Å²) in [6.45, 7) is 3.08. The van der Waals surface area contributed by atoms with Crippen LogP contribution in [-0.2, 0) is 31.3 Å². The number of aryl methyl sites for hydroxylation is 1. The first-order valence-electron chi connectivity index (χ1n) is 18.8. The minimum Gasteiger partial charge on any atom is -0.493 e. The van der Waals surface area contributed by atoms with E-state index in [0.29, 0.717) is 48.3 Å². The molecule has 3 aromatic heterocycles. The highest BCUT2D eigenvalue weighted by Gasteiger charge is 2.20. The fraction of sp³-hybridized carbons (Fsp3) is 0.222. The average Bonchev–Trinajstić information content (AvgIpc) is 3.62. The molecule has 0 spiro atoms. The average molecular weight is 780 g/mol. The normalized spacial score (nSPS) is 11.2. The van der Waals surface area contributed by atoms with E-state index in [9.17, 15) is 9.59 Å². The molecule has 0 aliphatic rings. The van der Waals surface area contributed by atoms with Gasteiger partial charge in [-0.1, -0.05) is 36.4 Å². The second kappa shape index (κ2) is 18.4. The summed E-state index contributed by atoms with van der Waals surface area (Å²) in [4.78, 5) is 38.5. The highest BCUT2D eigenvalue weighted by molar-refractivity contribution is 6.13. The third-order valence-corrected chi connectivity index (χ3v) is 9.75. The highest BCUT2D eigenvalue weighted by Crippen LogP contribution is 2.34. The molecule has 13 heteroatoms. The molecule has 2 amide bonds. The quantitative estimate of drug-likeness (QED) is 0.0905. The van der Waals surface area contributed by atoms with Gasteiger partial charge in [-0.15, -0.1) is 0 Å². The molecule has 4 aromatic carbocycles. The molecular formula is C45H45N7O6. The van der Waals surface area contributed by atoms with Crippen LogP contribution < -0.4 is 24.8 Å². The number of amides is 2. The molecule has 0 bridgehead atoms. The molecule has 2 N–H and O–H groups in total. The predicted octanol–water partition coefficient (Wildman–Crippen LogP) is 7.31. The Morgan fingerprint density at radius 3 is 2.31 bits per heavy atom. The van der Waals surface area contributed by atoms with Crippen LogP contribution in [0.4, 0.5) is 11.4 Å². The van der Waals surface area contributed by atoms with Gasteiger partial charge in [0.15, 0.2) is 11.5 Å². The number of carbonyl (C=O) groups excluding carboxylic acids is 2. The Kier molecular flexibility index (Phi) is 12.5. The van der Waals surface area contributed by atoms with E-state index in [1.54, 1.807) is 31.5 Å². The number of nitrogens with zero attached hydrogens (tertiary/aromatic N) is 5. The monoisotopic (exact) mass is 779 g/mol. The molecule has 7 rings (SSSR count). The summed E-state index contributed by atoms with van der Waals surface area (Å²) in [6.07, 6.45) is 7.74. The summed E-state index contributed by atoms with van der Waals surface area (Å²) in [6, 6.07) is 28.6. The number of benzene rings is 4. The van der Waals surface area contributed by atoms with Crippen molar-refractivity contribution in [2.75, 3.05) is 51.7 Å². The molecule has 3 heterocycles. The van der Waals surface area contributed by atoms with Crippen molar-refractivity contribution in [3.8, 4) is 17.2 Å². The summed E-state index contributed by atoms with van der Waals surface area (Å²) < 4.78 is 23.8. The third-order valence-electron chi connectivity index (χ3n) is 9.75. The van der Waals surface area contributed by atoms with Crippen molar-refractivity contribution < 1.29 is 28.5 Å². The number of methoxy groups -OCH3 is 3. The van der Waals surface area contributed by atoms with Crippen LogP contribution in [0.2, 0.25) is 0 Å². The molecular weight excluding hydrogens is 735 g/mol. The second-order valence-electron chi connectivity index (χ2n) is 13.8. The van der Waals surface area contributed by atoms with Gasteiger partial charge in [0.25, 0.3) is 11.8 Å². The number of aromatic nitrogens is 4. The summed E-state index contributed by atoms with van der Waals surface area (Å²) >= 11 is 0. The van der Waals surface area contributed by atoms with Gasteiger partial charge in [0.2, 0.25) is 0 Å². The van der Waals surface area contributed by atoms with Crippen LogP contribution in [0.5, 0.6) is 17.2 Å². The number of hydrogen-bond donors (Lipinski definition) is 2. The number of ether oxygens (including phenoxy) is 4. The topological polar surface area (TPSA) is 142 Å². The van der Waals surface area contributed by atoms with Crippen LogP contribution >= 0.6 is 0 Å². The Labute approximate surface area is 336 Å². The van der Waals surface area contributed by atoms with Crippen LogP contribution in [-0.4, -0.2) is 77.6 Å². The standard InChI is InChI=1S/C45H45N7O6/c1-51-41-14-11-31(19-34(41)26-48-51)28-52(29-32-20-37(27-46-24-32)58-18-17-55-2)16-15-30-9-12-36(13-10-30)49-45(54)38-22-42(56-3)43(57-4)23-40(38)50-44(53)35-21-33-7-5-6-8-39(33)47-25-35/h5-14,19-27H,15-18,28-29H2,1-4H3,(H,49,54)(H,50,53). The smallest absolute Gasteiger partial charge is 0.257 e. The lowest BCUT2D eigenvalue weighted by atomic mass is 10.1. The molecule has 0 fully saturated rings. The van der Waals surface area contributed by atoms with E-state index in [2.05, 4.69) is 48.8 Å². The minimum absolute atomic E-state index is 0.201. The zero-order valence-corrected chi connectivity index (χ0v) is 32.9. The van der Waals surface area contributed by atoms with Gasteiger partial charge in [-0.05, 0) is 71.6 Å². The number of hydrogen-bond acceptors (Lipinski definition) is 10. The predicted molar refractivity (Wildman–Crippen MR) is 224 cm³/mol. The zero-order valence-electron chi connectivity index (χ0n) is 32.9. The second-order valence-corrected chi connectivity index (χ2v) is 13.8. The van der Waals surface area contributed by atoms with Gasteiger partial charge in [-0.2, -0.15) is 5.10 Å². The van der Waals surface area contributed by atoms with Gasteiger partial charge in [0.1, 0.15) is 12.4 Å². The molecule has 0 saturated carbocycles. The van der Waals surface area contributed by atoms with E-state index < -0.39 is 11.8 Å². The summed E-state index contributed by atoms with van der Waals surface area (Å²) in [5, 5.41) is 12.2. The molecule has 58 heavy (non-hydrogen) atoms. The maximum absolute atomic E-state index is 13.8. The molecule has 0 saturated heterocycles. The van der Waals surface area contributed by atoms with Crippen LogP contribution in [0.1, 0.15) is 37.4 Å². The summed E-state index contributed by atoms with van der Waals surface area (Å²) in [5.74, 6) is 0.559. The lowest BCUT2D eigenvalue weighted by molar-refractivity contribution is 0.102. The van der Waals surface area contributed by atoms with Crippen LogP contribution in [0, 0.1) is 0 Å². The molecule has 0 radical (unpaired) electrons. The van der Waals surface area contributed by atoms with E-state index in [-0.39, 0.29) is 11.3 Å². The van der Waals surface area contributed by atoms with Gasteiger partial charge in [-0.25, -0.2) is 0 Å². The van der Waals surface area contributed by atoms with Crippen molar-refractivity contribution in [3.05, 3.63) is 144 Å². The number of nitrogens with one attached hydrogen (secondary N) is 2. The molecule has 13 nitrogen and oxygen atoms in total. The van der Waals surface area contributed by atoms with Crippen molar-refractivity contribution >= 4 is 45.0 Å². The summed E-state index contributed by atoms with van der Waals surface area (Å²) in [5.41, 5.74) is 6.58. The molecule has 7 aromatic rings. The SMILES string of the molecule is COCCOc1cncc(CN(CCc2ccc(NC(=O)c3cc(OC)c(OC)cc3NC(=O)c3cnc4ccccc4c3)cc2)Cc2ccc3c(cnn3C)c2)c1. The number of carbonyl (C=O) groups is 2. The van der Waals surface area contributed by atoms with Crippen molar-refractivity contribution in [2.45, 2.75) is 19.5 Å². The molecule has 0 aliphatic heterocycles. The van der Waals surface area contributed by atoms with E-state index >= 15 is 0 Å². The van der Waals surface area contributed by atoms with Crippen LogP contribution in [0.3, 0.4) is 0 Å². The maximum Gasteiger partial charge on any atom is 0.257 e. The van der Waals surface area contributed by atoms with E-state index in [0.717, 1.165) is 52.4 Å². The number of pyridine rings is 2. The lowest BCUT2D eigenvalue weighted by Crippen LogP contribution is -2.25. The minimum atomic E-state index is -0.431. The summed E-state index contributed by atoms with van der Waals surface area (Å²) in [7, 11) is 6.57. The van der Waals surface area contributed by atoms with E-state index in [1.165, 1.54) is 26.0 Å². The first-order chi connectivity index (χ1) is 28.3. The molecule has 296 valence electrons. The zero-order chi connectivity index (χ0) is 40.4. The molecule has 0 unspecified atom stereocenters. The largest absolute Gasteiger partial charge is 0.493 e. The Bertz CT molecular complexity index is 2540. The van der Waals surface area contributed by atoms with Crippen molar-refractivity contribution in [3.63, 3.8) is 0 Å². The van der Waals surface area contributed by atoms with Gasteiger partial charge in [0, 0.05) is 68.7 Å². The van der Waals surface area contributed by atoms with Gasteiger partial charge < -0.3 is 29.6 Å². The lowest BCUT2D eigenvalue weighted by Gasteiger charge is -2.23. The Morgan fingerprint density at radius 2 is 1.50 bits per heavy atom. The Balaban J connectivity index is 1.05. The third kappa shape index (κ3) is 9.57. The van der Waals surface area contributed by atoms with Crippen molar-refractivity contribution in [1.29, 1.82) is 0 Å². The first kappa shape index (κ1) is 39.4. The van der Waals surface area contributed by atoms with Crippen molar-refractivity contribution in [1.82, 2.24) is 24.6 Å². The van der Waals surface area contributed by atoms with Crippen LogP contribution in [0.15, 0.2) is 116 Å². The number of anilines is 2. The van der Waals surface area contributed by atoms with Gasteiger partial charge in [0.05, 0.1) is 61.1 Å². The highest BCUT2D eigenvalue weighted by atomic mass is 16.5. The number of fused-ring (bicyclic) bond motifs is 2. The number of para-hydroxylation sites is 1.